The van der Waals surface area contributed by atoms with E-state index in [-0.39, 0.29) is 43.0 Å². The van der Waals surface area contributed by atoms with Gasteiger partial charge in [0.15, 0.2) is 17.2 Å². The number of Topliss-reactive ketones (excluding diaryl/α,β-unsaturated/α-hetero) is 2. The van der Waals surface area contributed by atoms with E-state index in [1.165, 1.54) is 75.4 Å². The Morgan fingerprint density at radius 1 is 0.510 bits per heavy atom. The van der Waals surface area contributed by atoms with E-state index in [0.29, 0.717) is 17.7 Å². The van der Waals surface area contributed by atoms with Gasteiger partial charge in [-0.25, -0.2) is 4.79 Å². The third-order valence-electron chi connectivity index (χ3n) is 27.7. The van der Waals surface area contributed by atoms with Gasteiger partial charge in [-0.3, -0.25) is 9.59 Å². The van der Waals surface area contributed by atoms with Gasteiger partial charge in [0.25, 0.3) is 0 Å². The second-order valence-corrected chi connectivity index (χ2v) is 33.2. The van der Waals surface area contributed by atoms with Crippen LogP contribution in [-0.4, -0.2) is 240 Å². The number of nitrogens with zero attached hydrogens (tertiary/aromatic N) is 1. The highest BCUT2D eigenvalue weighted by Gasteiger charge is 2.79. The summed E-state index contributed by atoms with van der Waals surface area (Å²) in [5, 5.41) is 121. The third-order valence-corrected chi connectivity index (χ3v) is 27.7. The summed E-state index contributed by atoms with van der Waals surface area (Å²) in [4.78, 5) is 43.9. The fraction of sp³-hybridized carbons (Fsp3) is 0.817. The molecule has 6 heterocycles. The molecular formula is C71H118N4O21. The minimum atomic E-state index is -2.32. The summed E-state index contributed by atoms with van der Waals surface area (Å²) in [6.07, 6.45) is 10.4. The van der Waals surface area contributed by atoms with Gasteiger partial charge in [0.2, 0.25) is 5.78 Å². The summed E-state index contributed by atoms with van der Waals surface area (Å²) < 4.78 is 52.6. The highest BCUT2D eigenvalue weighted by molar-refractivity contribution is 6.25. The minimum Gasteiger partial charge on any atom is -0.442 e. The molecule has 0 amide bonds. The Balaban J connectivity index is 1.19. The highest BCUT2D eigenvalue weighted by atomic mass is 16.7. The fourth-order valence-corrected chi connectivity index (χ4v) is 17.0. The van der Waals surface area contributed by atoms with E-state index in [2.05, 4.69) is 0 Å². The number of carbonyl (C=O) groups is 3. The Morgan fingerprint density at radius 3 is 1.31 bits per heavy atom. The van der Waals surface area contributed by atoms with Crippen molar-refractivity contribution in [3.05, 3.63) is 58.5 Å². The molecule has 0 aromatic heterocycles. The van der Waals surface area contributed by atoms with Crippen LogP contribution in [0.5, 0.6) is 0 Å². The molecule has 548 valence electrons. The van der Waals surface area contributed by atoms with Crippen molar-refractivity contribution in [1.29, 1.82) is 0 Å². The van der Waals surface area contributed by atoms with Crippen molar-refractivity contribution in [2.75, 3.05) is 66.1 Å². The number of ether oxygens (including phenoxy) is 8. The Hall–Kier alpha value is -3.49. The molecule has 25 heteroatoms. The van der Waals surface area contributed by atoms with Crippen LogP contribution in [0.15, 0.2) is 58.5 Å². The molecule has 7 aliphatic rings. The van der Waals surface area contributed by atoms with E-state index in [4.69, 9.17) is 55.1 Å². The van der Waals surface area contributed by atoms with Gasteiger partial charge >= 0.3 is 5.97 Å². The van der Waals surface area contributed by atoms with Crippen molar-refractivity contribution in [1.82, 2.24) is 4.90 Å². The zero-order valence-corrected chi connectivity index (χ0v) is 61.4. The van der Waals surface area contributed by atoms with Crippen LogP contribution in [0.25, 0.3) is 0 Å². The predicted molar refractivity (Wildman–Crippen MR) is 355 cm³/mol. The molecule has 96 heavy (non-hydrogen) atoms. The number of aliphatic hydroxyl groups is 10. The van der Waals surface area contributed by atoms with Crippen LogP contribution in [-0.2, 0) is 52.3 Å². The zero-order valence-electron chi connectivity index (χ0n) is 61.4. The molecule has 0 spiro atoms. The molecule has 7 rings (SSSR count). The van der Waals surface area contributed by atoms with Gasteiger partial charge < -0.3 is 111 Å². The number of aliphatic hydroxyl groups excluding tert-OH is 4. The third kappa shape index (κ3) is 10.1. The number of allylic oxidation sites excluding steroid dienone is 4. The number of carbonyl (C=O) groups excluding carboxylic acids is 3. The average Bonchev–Trinajstić information content (AvgIpc) is 0.806. The largest absolute Gasteiger partial charge is 0.442 e. The standard InChI is InChI=1S/C71H118N4O21/c1-24-26-27-29-47(80)48-46-31-43-30-44(28-25-2)75(32-45(43)49(81)61(46,13)92-50(48)82)65(17)60(12,95-57(9,36-79)69(21,86)70(65,22)87)42-91-38-52(4)55(7,34-77)94-58(10,63(15,73)67(52,19)84)40-89-37-51(3)54(6,33-76)93-59(11,62(14,72)66(51,18)83)41-90-39-53(5)56(8,35-78)96-71(23,88)64(16,74)68(53,20)85/h25,28,30-32,76-79,83-88H,24,26-27,29,33-42,72-74H2,1-23H3/t51-,52-,53-,54?,55?,56?,57?,58+,59+,60+,61?,62?,63?,64?,65?,66-,67-,68-,69-,70+,71-/m1/s1. The fourth-order valence-electron chi connectivity index (χ4n) is 17.0. The Morgan fingerprint density at radius 2 is 0.906 bits per heavy atom. The number of unbranched alkanes of at least 4 members (excludes halogenated alkanes) is 2. The maximum Gasteiger partial charge on any atom is 0.343 e. The van der Waals surface area contributed by atoms with Gasteiger partial charge in [-0.2, -0.15) is 0 Å². The molecule has 4 saturated heterocycles. The lowest BCUT2D eigenvalue weighted by atomic mass is 9.51. The molecule has 0 aromatic rings. The van der Waals surface area contributed by atoms with E-state index in [9.17, 15) is 60.7 Å². The number of fused-ring (bicyclic) bond motifs is 2. The minimum absolute atomic E-state index is 0.0462. The smallest absolute Gasteiger partial charge is 0.343 e. The molecule has 0 bridgehead atoms. The predicted octanol–water partition coefficient (Wildman–Crippen LogP) is 2.76. The number of hydrogen-bond donors (Lipinski definition) is 13. The second kappa shape index (κ2) is 24.1. The summed E-state index contributed by atoms with van der Waals surface area (Å²) in [5.41, 5.74) is -14.7. The van der Waals surface area contributed by atoms with Crippen LogP contribution in [0.1, 0.15) is 185 Å². The second-order valence-electron chi connectivity index (χ2n) is 33.2. The first kappa shape index (κ1) is 79.8. The van der Waals surface area contributed by atoms with Crippen LogP contribution in [0.4, 0.5) is 0 Å². The molecule has 1 aliphatic carbocycles. The summed E-state index contributed by atoms with van der Waals surface area (Å²) in [6, 6.07) is 0. The van der Waals surface area contributed by atoms with Crippen molar-refractivity contribution in [2.45, 2.75) is 286 Å². The first-order valence-corrected chi connectivity index (χ1v) is 33.6. The normalized spacial score (nSPS) is 50.5. The van der Waals surface area contributed by atoms with Crippen molar-refractivity contribution in [3.8, 4) is 0 Å². The lowest BCUT2D eigenvalue weighted by Crippen LogP contribution is -2.88. The van der Waals surface area contributed by atoms with Crippen molar-refractivity contribution in [2.24, 2.45) is 33.4 Å². The summed E-state index contributed by atoms with van der Waals surface area (Å²) in [7, 11) is 0. The number of ketones is 2. The first-order valence-electron chi connectivity index (χ1n) is 33.6. The number of rotatable bonds is 23. The van der Waals surface area contributed by atoms with Crippen LogP contribution in [0, 0.1) is 16.2 Å². The lowest BCUT2D eigenvalue weighted by molar-refractivity contribution is -0.408. The number of esters is 1. The highest BCUT2D eigenvalue weighted by Crippen LogP contribution is 2.63. The van der Waals surface area contributed by atoms with Crippen molar-refractivity contribution in [3.63, 3.8) is 0 Å². The van der Waals surface area contributed by atoms with Gasteiger partial charge in [0.1, 0.15) is 50.3 Å². The molecule has 9 unspecified atom stereocenters. The first-order chi connectivity index (χ1) is 43.2. The van der Waals surface area contributed by atoms with Crippen molar-refractivity contribution < 1.29 is 103 Å². The number of nitrogens with two attached hydrogens (primary N) is 3. The van der Waals surface area contributed by atoms with Gasteiger partial charge in [-0.1, -0.05) is 46.6 Å². The molecule has 25 nitrogen and oxygen atoms in total. The van der Waals surface area contributed by atoms with Crippen molar-refractivity contribution >= 4 is 17.5 Å². The van der Waals surface area contributed by atoms with E-state index < -0.39 is 181 Å². The van der Waals surface area contributed by atoms with E-state index in [1.807, 2.05) is 6.92 Å². The maximum absolute atomic E-state index is 15.0. The average molecular weight is 1360 g/mol. The molecule has 6 aliphatic heterocycles. The Labute approximate surface area is 567 Å². The van der Waals surface area contributed by atoms with E-state index in [0.717, 1.165) is 12.8 Å². The Kier molecular flexibility index (Phi) is 20.0. The van der Waals surface area contributed by atoms with Crippen LogP contribution in [0.2, 0.25) is 0 Å². The summed E-state index contributed by atoms with van der Waals surface area (Å²) >= 11 is 0. The lowest BCUT2D eigenvalue weighted by Gasteiger charge is -2.70. The monoisotopic (exact) mass is 1360 g/mol. The maximum atomic E-state index is 15.0. The van der Waals surface area contributed by atoms with Crippen LogP contribution >= 0.6 is 0 Å². The van der Waals surface area contributed by atoms with E-state index >= 15 is 4.79 Å². The molecule has 0 radical (unpaired) electrons. The molecule has 4 fully saturated rings. The number of hydrogen-bond acceptors (Lipinski definition) is 25. The molecule has 16 N–H and O–H groups in total. The summed E-state index contributed by atoms with van der Waals surface area (Å²) in [5.74, 6) is -4.09. The summed E-state index contributed by atoms with van der Waals surface area (Å²) in [6.45, 7) is 30.4. The zero-order chi connectivity index (χ0) is 73.8. The molecular weight excluding hydrogens is 1240 g/mol. The van der Waals surface area contributed by atoms with E-state index in [1.54, 1.807) is 112 Å². The molecule has 0 aromatic carbocycles. The van der Waals surface area contributed by atoms with Crippen LogP contribution in [0.3, 0.4) is 0 Å². The SMILES string of the molecule is CC=CC1=CC2=CC3=C(C(=O)CCCCC)C(=O)OC3(C)C(=O)C2=CN1C1(C)[C@](C)(O)[C@](C)(O)C(C)(CO)O[C@@]1(C)COC[C@]1(C)C(C)(CO)O[C@@](C)(COC[C@]2(C)C(C)(CO)O[C@@](C)(COC[C@]3(C)C(C)(CO)O[C@@](C)(O)C(C)(N)[C@]3(C)O)C(C)(N)[C@]2(C)O)C(C)(N)[C@]1(C)O. The van der Waals surface area contributed by atoms with Gasteiger partial charge in [0.05, 0.1) is 127 Å². The van der Waals surface area contributed by atoms with Gasteiger partial charge in [-0.05, 0) is 162 Å². The van der Waals surface area contributed by atoms with Crippen LogP contribution < -0.4 is 17.2 Å². The molecule has 21 atom stereocenters. The Bertz CT molecular complexity index is 3240. The van der Waals surface area contributed by atoms with Gasteiger partial charge in [-0.15, -0.1) is 0 Å². The quantitative estimate of drug-likeness (QED) is 0.0397. The molecule has 0 saturated carbocycles. The van der Waals surface area contributed by atoms with Gasteiger partial charge in [0, 0.05) is 29.5 Å². The topological polar surface area (TPSA) is 409 Å².